The van der Waals surface area contributed by atoms with Gasteiger partial charge in [-0.05, 0) is 38.6 Å². The average Bonchev–Trinajstić information content (AvgIpc) is 2.89. The molecule has 1 atom stereocenters. The molecule has 0 aromatic carbocycles. The number of nitrogens with zero attached hydrogens (tertiary/aromatic N) is 3. The highest BCUT2D eigenvalue weighted by Gasteiger charge is 2.23. The minimum Gasteiger partial charge on any atom is -0.465 e. The van der Waals surface area contributed by atoms with E-state index in [-0.39, 0.29) is 5.97 Å². The molecule has 1 unspecified atom stereocenters. The maximum atomic E-state index is 11.6. The van der Waals surface area contributed by atoms with E-state index >= 15 is 0 Å². The maximum Gasteiger partial charge on any atom is 0.339 e. The summed E-state index contributed by atoms with van der Waals surface area (Å²) in [6, 6.07) is 3.99. The Morgan fingerprint density at radius 3 is 2.95 bits per heavy atom. The standard InChI is InChI=1S/C15H19N3O2/c1-17-8-4-3-5-13(17)12-10-18-9-11(15(19)20-2)6-7-14(18)16-12/h6-7,9-10,13H,3-5,8H2,1-2H3. The third-order valence-corrected chi connectivity index (χ3v) is 4.00. The summed E-state index contributed by atoms with van der Waals surface area (Å²) in [5.74, 6) is -0.322. The molecule has 5 nitrogen and oxygen atoms in total. The Hall–Kier alpha value is -1.88. The molecule has 1 aliphatic heterocycles. The number of fused-ring (bicyclic) bond motifs is 1. The number of imidazole rings is 1. The van der Waals surface area contributed by atoms with Gasteiger partial charge in [-0.25, -0.2) is 9.78 Å². The minimum atomic E-state index is -0.322. The van der Waals surface area contributed by atoms with Gasteiger partial charge in [-0.2, -0.15) is 0 Å². The van der Waals surface area contributed by atoms with Crippen molar-refractivity contribution in [1.82, 2.24) is 14.3 Å². The van der Waals surface area contributed by atoms with E-state index in [4.69, 9.17) is 4.74 Å². The van der Waals surface area contributed by atoms with E-state index in [1.165, 1.54) is 20.0 Å². The molecule has 106 valence electrons. The molecule has 3 rings (SSSR count). The Morgan fingerprint density at radius 1 is 1.35 bits per heavy atom. The van der Waals surface area contributed by atoms with Gasteiger partial charge in [0.25, 0.3) is 0 Å². The van der Waals surface area contributed by atoms with Crippen LogP contribution in [0.2, 0.25) is 0 Å². The molecule has 0 saturated carbocycles. The maximum absolute atomic E-state index is 11.6. The molecule has 0 amide bonds. The molecule has 20 heavy (non-hydrogen) atoms. The summed E-state index contributed by atoms with van der Waals surface area (Å²) in [7, 11) is 3.54. The van der Waals surface area contributed by atoms with Gasteiger partial charge in [0, 0.05) is 12.4 Å². The van der Waals surface area contributed by atoms with Gasteiger partial charge in [0.1, 0.15) is 5.65 Å². The van der Waals surface area contributed by atoms with Crippen LogP contribution in [-0.2, 0) is 4.74 Å². The number of methoxy groups -OCH3 is 1. The first-order chi connectivity index (χ1) is 9.69. The molecule has 0 aliphatic carbocycles. The fourth-order valence-corrected chi connectivity index (χ4v) is 2.86. The fourth-order valence-electron chi connectivity index (χ4n) is 2.86. The smallest absolute Gasteiger partial charge is 0.339 e. The van der Waals surface area contributed by atoms with Crippen LogP contribution in [0.3, 0.4) is 0 Å². The zero-order valence-corrected chi connectivity index (χ0v) is 11.9. The highest BCUT2D eigenvalue weighted by molar-refractivity contribution is 5.89. The van der Waals surface area contributed by atoms with Crippen LogP contribution < -0.4 is 0 Å². The molecular formula is C15H19N3O2. The lowest BCUT2D eigenvalue weighted by atomic mass is 10.0. The Labute approximate surface area is 118 Å². The zero-order valence-electron chi connectivity index (χ0n) is 11.9. The lowest BCUT2D eigenvalue weighted by Crippen LogP contribution is -2.29. The van der Waals surface area contributed by atoms with Crippen LogP contribution >= 0.6 is 0 Å². The van der Waals surface area contributed by atoms with Crippen molar-refractivity contribution < 1.29 is 9.53 Å². The van der Waals surface area contributed by atoms with E-state index in [2.05, 4.69) is 16.9 Å². The SMILES string of the molecule is COC(=O)c1ccc2nc(C3CCCCN3C)cn2c1. The predicted octanol–water partition coefficient (Wildman–Crippen LogP) is 2.28. The summed E-state index contributed by atoms with van der Waals surface area (Å²) in [4.78, 5) is 18.6. The molecule has 0 bridgehead atoms. The Kier molecular flexibility index (Phi) is 3.44. The number of hydrogen-bond donors (Lipinski definition) is 0. The molecule has 1 fully saturated rings. The van der Waals surface area contributed by atoms with Crippen molar-refractivity contribution in [2.75, 3.05) is 20.7 Å². The van der Waals surface area contributed by atoms with Crippen molar-refractivity contribution >= 4 is 11.6 Å². The number of carbonyl (C=O) groups excluding carboxylic acids is 1. The van der Waals surface area contributed by atoms with E-state index < -0.39 is 0 Å². The zero-order chi connectivity index (χ0) is 14.1. The third-order valence-electron chi connectivity index (χ3n) is 4.00. The molecular weight excluding hydrogens is 254 g/mol. The van der Waals surface area contributed by atoms with E-state index in [1.807, 2.05) is 16.7 Å². The molecule has 1 aliphatic rings. The summed E-state index contributed by atoms with van der Waals surface area (Å²) < 4.78 is 6.65. The quantitative estimate of drug-likeness (QED) is 0.788. The van der Waals surface area contributed by atoms with Crippen LogP contribution in [0.25, 0.3) is 5.65 Å². The molecule has 0 radical (unpaired) electrons. The number of pyridine rings is 1. The molecule has 0 spiro atoms. The van der Waals surface area contributed by atoms with Crippen molar-refractivity contribution in [2.24, 2.45) is 0 Å². The Balaban J connectivity index is 1.95. The lowest BCUT2D eigenvalue weighted by Gasteiger charge is -2.31. The monoisotopic (exact) mass is 273 g/mol. The molecule has 1 saturated heterocycles. The van der Waals surface area contributed by atoms with Gasteiger partial charge in [-0.3, -0.25) is 4.90 Å². The molecule has 2 aromatic heterocycles. The summed E-state index contributed by atoms with van der Waals surface area (Å²) in [6.07, 6.45) is 7.45. The Morgan fingerprint density at radius 2 is 2.20 bits per heavy atom. The molecule has 3 heterocycles. The second kappa shape index (κ2) is 5.25. The number of esters is 1. The van der Waals surface area contributed by atoms with Gasteiger partial charge in [0.05, 0.1) is 24.4 Å². The first kappa shape index (κ1) is 13.1. The third kappa shape index (κ3) is 2.29. The second-order valence-corrected chi connectivity index (χ2v) is 5.33. The van der Waals surface area contributed by atoms with Gasteiger partial charge < -0.3 is 9.14 Å². The number of aromatic nitrogens is 2. The van der Waals surface area contributed by atoms with Crippen molar-refractivity contribution in [3.63, 3.8) is 0 Å². The first-order valence-electron chi connectivity index (χ1n) is 6.96. The van der Waals surface area contributed by atoms with Gasteiger partial charge >= 0.3 is 5.97 Å². The molecule has 2 aromatic rings. The number of hydrogen-bond acceptors (Lipinski definition) is 4. The predicted molar refractivity (Wildman–Crippen MR) is 75.8 cm³/mol. The number of carbonyl (C=O) groups is 1. The van der Waals surface area contributed by atoms with Crippen LogP contribution in [0.15, 0.2) is 24.5 Å². The van der Waals surface area contributed by atoms with Gasteiger partial charge in [0.15, 0.2) is 0 Å². The topological polar surface area (TPSA) is 46.8 Å². The normalized spacial score (nSPS) is 20.2. The highest BCUT2D eigenvalue weighted by Crippen LogP contribution is 2.29. The average molecular weight is 273 g/mol. The lowest BCUT2D eigenvalue weighted by molar-refractivity contribution is 0.0600. The van der Waals surface area contributed by atoms with E-state index in [0.717, 1.165) is 24.3 Å². The Bertz CT molecular complexity index is 635. The second-order valence-electron chi connectivity index (χ2n) is 5.33. The van der Waals surface area contributed by atoms with Crippen molar-refractivity contribution in [2.45, 2.75) is 25.3 Å². The van der Waals surface area contributed by atoms with E-state index in [9.17, 15) is 4.79 Å². The van der Waals surface area contributed by atoms with Crippen LogP contribution in [0.4, 0.5) is 0 Å². The largest absolute Gasteiger partial charge is 0.465 e. The van der Waals surface area contributed by atoms with E-state index in [1.54, 1.807) is 12.3 Å². The minimum absolute atomic E-state index is 0.322. The van der Waals surface area contributed by atoms with Crippen molar-refractivity contribution in [1.29, 1.82) is 0 Å². The summed E-state index contributed by atoms with van der Waals surface area (Å²) in [6.45, 7) is 1.12. The summed E-state index contributed by atoms with van der Waals surface area (Å²) in [5.41, 5.74) is 2.49. The van der Waals surface area contributed by atoms with Crippen LogP contribution in [0.1, 0.15) is 41.4 Å². The summed E-state index contributed by atoms with van der Waals surface area (Å²) in [5, 5.41) is 0. The van der Waals surface area contributed by atoms with Gasteiger partial charge in [0.2, 0.25) is 0 Å². The van der Waals surface area contributed by atoms with Crippen molar-refractivity contribution in [3.05, 3.63) is 35.8 Å². The number of piperidine rings is 1. The van der Waals surface area contributed by atoms with Gasteiger partial charge in [-0.15, -0.1) is 0 Å². The van der Waals surface area contributed by atoms with E-state index in [0.29, 0.717) is 11.6 Å². The van der Waals surface area contributed by atoms with Crippen molar-refractivity contribution in [3.8, 4) is 0 Å². The number of rotatable bonds is 2. The summed E-state index contributed by atoms with van der Waals surface area (Å²) >= 11 is 0. The van der Waals surface area contributed by atoms with Crippen LogP contribution in [-0.4, -0.2) is 41.0 Å². The first-order valence-corrected chi connectivity index (χ1v) is 6.96. The van der Waals surface area contributed by atoms with Gasteiger partial charge in [-0.1, -0.05) is 6.42 Å². The molecule has 0 N–H and O–H groups in total. The van der Waals surface area contributed by atoms with Crippen LogP contribution in [0.5, 0.6) is 0 Å². The molecule has 5 heteroatoms. The van der Waals surface area contributed by atoms with Crippen LogP contribution in [0, 0.1) is 0 Å². The highest BCUT2D eigenvalue weighted by atomic mass is 16.5. The number of likely N-dealkylation sites (tertiary alicyclic amines) is 1. The number of ether oxygens (including phenoxy) is 1. The fraction of sp³-hybridized carbons (Fsp3) is 0.467.